The van der Waals surface area contributed by atoms with Gasteiger partial charge in [-0.15, -0.1) is 31.3 Å². The summed E-state index contributed by atoms with van der Waals surface area (Å²) in [6.45, 7) is 1.29. The fourth-order valence-corrected chi connectivity index (χ4v) is 5.06. The molecule has 41 heavy (non-hydrogen) atoms. The summed E-state index contributed by atoms with van der Waals surface area (Å²) >= 11 is 1.06. The van der Waals surface area contributed by atoms with Gasteiger partial charge in [0.2, 0.25) is 0 Å². The fourth-order valence-electron chi connectivity index (χ4n) is 5.06. The van der Waals surface area contributed by atoms with Crippen molar-refractivity contribution in [1.29, 1.82) is 0 Å². The van der Waals surface area contributed by atoms with E-state index in [0.29, 0.717) is 13.1 Å². The van der Waals surface area contributed by atoms with Crippen LogP contribution in [0.3, 0.4) is 0 Å². The normalized spacial score (nSPS) is 28.1. The number of hydrogen-bond donors (Lipinski definition) is 2. The first kappa shape index (κ1) is 32.0. The molecule has 215 valence electrons. The van der Waals surface area contributed by atoms with Gasteiger partial charge in [-0.1, -0.05) is 30.3 Å². The molecule has 0 fully saturated rings. The van der Waals surface area contributed by atoms with Crippen LogP contribution in [-0.2, 0) is 31.4 Å². The number of fused-ring (bicyclic) bond motifs is 6. The molecule has 0 radical (unpaired) electrons. The predicted molar refractivity (Wildman–Crippen MR) is 142 cm³/mol. The average molecular weight is 624 g/mol. The first-order valence-corrected chi connectivity index (χ1v) is 13.9. The zero-order valence-electron chi connectivity index (χ0n) is 21.1. The van der Waals surface area contributed by atoms with Crippen LogP contribution >= 0.6 is 0 Å². The van der Waals surface area contributed by atoms with E-state index < -0.39 is 10.4 Å². The second-order valence-corrected chi connectivity index (χ2v) is 9.82. The van der Waals surface area contributed by atoms with Crippen molar-refractivity contribution >= 4 is 22.7 Å². The molecular weight excluding hydrogens is 599 g/mol. The molecule has 1 aromatic rings. The Kier molecular flexibility index (Phi) is 11.2. The van der Waals surface area contributed by atoms with Gasteiger partial charge < -0.3 is 10.6 Å². The Labute approximate surface area is 244 Å². The summed E-state index contributed by atoms with van der Waals surface area (Å²) < 4.78 is 39.8. The molecule has 6 rings (SSSR count). The molecular formula is C24H24N6O9SV. The molecule has 0 saturated carbocycles. The maximum absolute atomic E-state index is 11.1. The summed E-state index contributed by atoms with van der Waals surface area (Å²) in [5, 5.41) is 31.1. The molecule has 17 heteroatoms. The van der Waals surface area contributed by atoms with Crippen molar-refractivity contribution in [2.45, 2.75) is 18.1 Å². The van der Waals surface area contributed by atoms with Crippen molar-refractivity contribution < 1.29 is 48.4 Å². The Balaban J connectivity index is 0.000000185. The van der Waals surface area contributed by atoms with Crippen molar-refractivity contribution in [2.24, 2.45) is 22.7 Å². The molecule has 2 N–H and O–H groups in total. The third kappa shape index (κ3) is 8.26. The summed E-state index contributed by atoms with van der Waals surface area (Å²) in [5.74, 6) is -0.485. The van der Waals surface area contributed by atoms with Crippen molar-refractivity contribution in [2.75, 3.05) is 13.1 Å². The van der Waals surface area contributed by atoms with E-state index in [2.05, 4.69) is 20.6 Å². The summed E-state index contributed by atoms with van der Waals surface area (Å²) in [5.41, 5.74) is 2.10. The van der Waals surface area contributed by atoms with Gasteiger partial charge in [0.05, 0.1) is 27.7 Å². The van der Waals surface area contributed by atoms with Gasteiger partial charge in [0.15, 0.2) is 0 Å². The molecule has 2 aliphatic carbocycles. The standard InChI is InChI=1S/C12H12N3O2.C12H10N3O2.H2O4S.O.V/c2*16-15(17)10-7-8-3-1-5-13-11(8)12-9(10)4-2-6-14-12;1-5(2,3)4;;/h1-4,6-9,11-12H,5H2;1-5,7,9,12H,6H2;(H2,1,2,3,4);;/q2*-1;;;+2. The number of aromatic nitrogens is 1. The number of pyridine rings is 1. The van der Waals surface area contributed by atoms with Crippen molar-refractivity contribution in [3.05, 3.63) is 114 Å². The van der Waals surface area contributed by atoms with E-state index in [4.69, 9.17) is 21.2 Å². The summed E-state index contributed by atoms with van der Waals surface area (Å²) in [6.07, 6.45) is 18.1. The van der Waals surface area contributed by atoms with E-state index in [1.807, 2.05) is 36.4 Å². The van der Waals surface area contributed by atoms with Crippen molar-refractivity contribution in [1.82, 2.24) is 4.98 Å². The van der Waals surface area contributed by atoms with Gasteiger partial charge in [-0.05, 0) is 24.1 Å². The second-order valence-electron chi connectivity index (χ2n) is 8.93. The zero-order chi connectivity index (χ0) is 30.2. The van der Waals surface area contributed by atoms with Gasteiger partial charge in [0.25, 0.3) is 11.4 Å². The first-order chi connectivity index (χ1) is 19.5. The summed E-state index contributed by atoms with van der Waals surface area (Å²) in [7, 11) is -4.67. The second kappa shape index (κ2) is 14.4. The van der Waals surface area contributed by atoms with Crippen LogP contribution in [0.4, 0.5) is 0 Å². The van der Waals surface area contributed by atoms with E-state index in [1.54, 1.807) is 36.7 Å². The molecule has 4 heterocycles. The molecule has 15 nitrogen and oxygen atoms in total. The molecule has 0 amide bonds. The third-order valence-electron chi connectivity index (χ3n) is 6.57. The van der Waals surface area contributed by atoms with Crippen LogP contribution in [0.1, 0.15) is 17.3 Å². The van der Waals surface area contributed by atoms with Gasteiger partial charge in [-0.25, -0.2) is 0 Å². The summed E-state index contributed by atoms with van der Waals surface area (Å²) in [6, 6.07) is 3.36. The Bertz CT molecular complexity index is 1430. The van der Waals surface area contributed by atoms with Crippen LogP contribution in [0.5, 0.6) is 0 Å². The number of dihydropyridines is 1. The Morgan fingerprint density at radius 1 is 0.976 bits per heavy atom. The van der Waals surface area contributed by atoms with Crippen LogP contribution in [-0.4, -0.2) is 63.7 Å². The van der Waals surface area contributed by atoms with Gasteiger partial charge >= 0.3 is 31.4 Å². The number of hydrogen-bond acceptors (Lipinski definition) is 9. The topological polar surface area (TPSA) is 231 Å². The first-order valence-electron chi connectivity index (χ1n) is 12.0. The molecule has 0 saturated heterocycles. The molecule has 0 spiro atoms. The number of nitrogens with zero attached hydrogens (tertiary/aromatic N) is 6. The number of rotatable bonds is 2. The SMILES string of the molecule is O=S(=O)(O)O.O=[N+]([O-])C1=CC2C=CC[N-]C2C2N=CC=CC12.O=[N+]([O-])C1=Cc2cccnc2C2[N-]CC=CC12.[O]=[V+2]. The van der Waals surface area contributed by atoms with Crippen molar-refractivity contribution in [3.8, 4) is 0 Å². The van der Waals surface area contributed by atoms with Crippen LogP contribution in [0.25, 0.3) is 16.7 Å². The third-order valence-corrected chi connectivity index (χ3v) is 6.57. The Morgan fingerprint density at radius 3 is 2.32 bits per heavy atom. The molecule has 0 aromatic carbocycles. The molecule has 1 aromatic heterocycles. The van der Waals surface area contributed by atoms with Gasteiger partial charge in [0, 0.05) is 29.7 Å². The minimum atomic E-state index is -4.67. The van der Waals surface area contributed by atoms with E-state index >= 15 is 0 Å². The van der Waals surface area contributed by atoms with Gasteiger partial charge in [-0.3, -0.25) is 39.3 Å². The van der Waals surface area contributed by atoms with Gasteiger partial charge in [-0.2, -0.15) is 8.42 Å². The molecule has 0 bridgehead atoms. The quantitative estimate of drug-likeness (QED) is 0.211. The minimum absolute atomic E-state index is 0.0223. The van der Waals surface area contributed by atoms with Gasteiger partial charge in [0.1, 0.15) is 0 Å². The van der Waals surface area contributed by atoms with E-state index in [9.17, 15) is 20.2 Å². The summed E-state index contributed by atoms with van der Waals surface area (Å²) in [4.78, 5) is 30.2. The van der Waals surface area contributed by atoms with Crippen molar-refractivity contribution in [3.63, 3.8) is 0 Å². The van der Waals surface area contributed by atoms with E-state index in [1.165, 1.54) is 0 Å². The monoisotopic (exact) mass is 623 g/mol. The predicted octanol–water partition coefficient (Wildman–Crippen LogP) is 3.25. The molecule has 5 aliphatic rings. The number of allylic oxidation sites excluding steroid dienone is 1. The van der Waals surface area contributed by atoms with E-state index in [-0.39, 0.29) is 57.1 Å². The molecule has 6 unspecified atom stereocenters. The fraction of sp³-hybridized carbons (Fsp3) is 0.333. The molecule has 6 atom stereocenters. The zero-order valence-corrected chi connectivity index (χ0v) is 23.3. The van der Waals surface area contributed by atoms with Crippen LogP contribution in [0, 0.1) is 38.0 Å². The molecule has 3 aliphatic heterocycles. The number of aliphatic imine (C=N–C) groups is 1. The van der Waals surface area contributed by atoms with E-state index in [0.717, 1.165) is 28.6 Å². The Morgan fingerprint density at radius 2 is 1.63 bits per heavy atom. The average Bonchev–Trinajstić information content (AvgIpc) is 2.96. The maximum atomic E-state index is 11.1. The van der Waals surface area contributed by atoms with Crippen LogP contribution in [0.15, 0.2) is 77.2 Å². The Hall–Kier alpha value is -3.51. The number of nitro groups is 2. The van der Waals surface area contributed by atoms with Crippen LogP contribution in [0.2, 0.25) is 0 Å². The van der Waals surface area contributed by atoms with Crippen LogP contribution < -0.4 is 0 Å².